The Balaban J connectivity index is 1.44. The minimum absolute atomic E-state index is 0.524. The summed E-state index contributed by atoms with van der Waals surface area (Å²) in [4.78, 5) is 0. The van der Waals surface area contributed by atoms with Gasteiger partial charge in [-0.1, -0.05) is 82.9 Å². The number of fused-ring (bicyclic) bond motifs is 1. The zero-order chi connectivity index (χ0) is 22.9. The second-order valence-electron chi connectivity index (χ2n) is 8.87. The molecule has 2 rings (SSSR count). The molecule has 1 atom stereocenters. The molecule has 0 saturated heterocycles. The number of para-hydroxylation sites is 1. The highest BCUT2D eigenvalue weighted by Gasteiger charge is 2.39. The molecule has 1 aromatic rings. The van der Waals surface area contributed by atoms with Crippen molar-refractivity contribution in [2.45, 2.75) is 117 Å². The van der Waals surface area contributed by atoms with Gasteiger partial charge in [0.1, 0.15) is 0 Å². The van der Waals surface area contributed by atoms with Crippen molar-refractivity contribution in [1.82, 2.24) is 0 Å². The second kappa shape index (κ2) is 16.0. The van der Waals surface area contributed by atoms with E-state index in [0.717, 1.165) is 12.2 Å². The Bertz CT molecular complexity index is 642. The molecule has 1 unspecified atom stereocenters. The van der Waals surface area contributed by atoms with E-state index >= 15 is 0 Å². The van der Waals surface area contributed by atoms with E-state index in [-0.39, 0.29) is 0 Å². The highest BCUT2D eigenvalue weighted by molar-refractivity contribution is 5.53. The maximum absolute atomic E-state index is 5.97. The van der Waals surface area contributed by atoms with Gasteiger partial charge in [-0.3, -0.25) is 0 Å². The van der Waals surface area contributed by atoms with Crippen molar-refractivity contribution in [1.29, 1.82) is 0 Å². The molecular formula is C28H46O4. The van der Waals surface area contributed by atoms with Gasteiger partial charge >= 0.3 is 5.97 Å². The quantitative estimate of drug-likeness (QED) is 0.157. The van der Waals surface area contributed by atoms with Gasteiger partial charge in [0.05, 0.1) is 13.2 Å². The summed E-state index contributed by atoms with van der Waals surface area (Å²) >= 11 is 0. The summed E-state index contributed by atoms with van der Waals surface area (Å²) in [7, 11) is 0. The van der Waals surface area contributed by atoms with Crippen LogP contribution in [-0.2, 0) is 4.74 Å². The zero-order valence-corrected chi connectivity index (χ0v) is 20.8. The number of allylic oxidation sites excluding steroid dienone is 2. The molecule has 0 saturated carbocycles. The Hall–Kier alpha value is -1.68. The Morgan fingerprint density at radius 1 is 0.781 bits per heavy atom. The molecule has 1 aromatic carbocycles. The first-order valence-corrected chi connectivity index (χ1v) is 13.1. The van der Waals surface area contributed by atoms with E-state index in [2.05, 4.69) is 19.1 Å². The molecule has 0 spiro atoms. The monoisotopic (exact) mass is 446 g/mol. The number of benzene rings is 1. The van der Waals surface area contributed by atoms with E-state index in [0.29, 0.717) is 24.7 Å². The molecule has 4 heteroatoms. The molecule has 0 fully saturated rings. The summed E-state index contributed by atoms with van der Waals surface area (Å²) in [5, 5.41) is 0. The SMILES string of the molecule is CCCCCCCC/C=C\CCCCCCCCOc1cccc2c1OC(C)(OCC)O2. The van der Waals surface area contributed by atoms with Gasteiger partial charge in [-0.25, -0.2) is 0 Å². The van der Waals surface area contributed by atoms with Crippen molar-refractivity contribution in [2.75, 3.05) is 13.2 Å². The van der Waals surface area contributed by atoms with Crippen LogP contribution in [0.25, 0.3) is 0 Å². The predicted molar refractivity (Wildman–Crippen MR) is 133 cm³/mol. The van der Waals surface area contributed by atoms with E-state index in [4.69, 9.17) is 18.9 Å². The van der Waals surface area contributed by atoms with Gasteiger partial charge < -0.3 is 18.9 Å². The lowest BCUT2D eigenvalue weighted by Crippen LogP contribution is -2.37. The lowest BCUT2D eigenvalue weighted by atomic mass is 10.1. The minimum Gasteiger partial charge on any atom is -0.490 e. The Labute approximate surface area is 196 Å². The molecule has 0 N–H and O–H groups in total. The van der Waals surface area contributed by atoms with E-state index in [1.54, 1.807) is 6.92 Å². The number of ether oxygens (including phenoxy) is 4. The molecular weight excluding hydrogens is 400 g/mol. The lowest BCUT2D eigenvalue weighted by Gasteiger charge is -2.21. The molecule has 0 amide bonds. The molecule has 0 bridgehead atoms. The molecule has 4 nitrogen and oxygen atoms in total. The van der Waals surface area contributed by atoms with Crippen molar-refractivity contribution >= 4 is 0 Å². The van der Waals surface area contributed by atoms with Crippen LogP contribution in [0.15, 0.2) is 30.4 Å². The number of hydrogen-bond donors (Lipinski definition) is 0. The molecule has 1 aliphatic heterocycles. The van der Waals surface area contributed by atoms with Crippen LogP contribution < -0.4 is 14.2 Å². The first kappa shape index (κ1) is 26.6. The van der Waals surface area contributed by atoms with E-state index in [9.17, 15) is 0 Å². The summed E-state index contributed by atoms with van der Waals surface area (Å²) in [5.74, 6) is 1.01. The molecule has 0 radical (unpaired) electrons. The summed E-state index contributed by atoms with van der Waals surface area (Å²) < 4.78 is 23.2. The van der Waals surface area contributed by atoms with Crippen LogP contribution in [0.2, 0.25) is 0 Å². The van der Waals surface area contributed by atoms with Gasteiger partial charge in [-0.05, 0) is 51.2 Å². The lowest BCUT2D eigenvalue weighted by molar-refractivity contribution is -0.266. The van der Waals surface area contributed by atoms with Crippen molar-refractivity contribution in [3.8, 4) is 17.2 Å². The smallest absolute Gasteiger partial charge is 0.369 e. The number of rotatable bonds is 19. The summed E-state index contributed by atoms with van der Waals surface area (Å²) in [6, 6.07) is 5.74. The van der Waals surface area contributed by atoms with Crippen molar-refractivity contribution in [3.05, 3.63) is 30.4 Å². The fourth-order valence-electron chi connectivity index (χ4n) is 4.05. The Morgan fingerprint density at radius 2 is 1.41 bits per heavy atom. The second-order valence-corrected chi connectivity index (χ2v) is 8.87. The summed E-state index contributed by atoms with van der Waals surface area (Å²) in [5.41, 5.74) is 0. The molecule has 0 aromatic heterocycles. The van der Waals surface area contributed by atoms with Gasteiger partial charge in [0.2, 0.25) is 5.75 Å². The van der Waals surface area contributed by atoms with E-state index < -0.39 is 5.97 Å². The van der Waals surface area contributed by atoms with Crippen molar-refractivity contribution < 1.29 is 18.9 Å². The third-order valence-electron chi connectivity index (χ3n) is 5.85. The summed E-state index contributed by atoms with van der Waals surface area (Å²) in [6.45, 7) is 7.21. The normalized spacial score (nSPS) is 17.3. The minimum atomic E-state index is -1.06. The van der Waals surface area contributed by atoms with E-state index in [1.165, 1.54) is 83.5 Å². The average molecular weight is 447 g/mol. The third kappa shape index (κ3) is 10.3. The van der Waals surface area contributed by atoms with Crippen molar-refractivity contribution in [2.24, 2.45) is 0 Å². The highest BCUT2D eigenvalue weighted by Crippen LogP contribution is 2.46. The van der Waals surface area contributed by atoms with Crippen LogP contribution in [-0.4, -0.2) is 19.2 Å². The fourth-order valence-corrected chi connectivity index (χ4v) is 4.05. The topological polar surface area (TPSA) is 36.9 Å². The van der Waals surface area contributed by atoms with Crippen molar-refractivity contribution in [3.63, 3.8) is 0 Å². The van der Waals surface area contributed by atoms with Crippen LogP contribution in [0.4, 0.5) is 0 Å². The maximum atomic E-state index is 5.97. The summed E-state index contributed by atoms with van der Waals surface area (Å²) in [6.07, 6.45) is 23.1. The van der Waals surface area contributed by atoms with Gasteiger partial charge in [-0.2, -0.15) is 0 Å². The van der Waals surface area contributed by atoms with Gasteiger partial charge in [0.15, 0.2) is 11.5 Å². The highest BCUT2D eigenvalue weighted by atomic mass is 16.9. The van der Waals surface area contributed by atoms with Gasteiger partial charge in [0.25, 0.3) is 0 Å². The zero-order valence-electron chi connectivity index (χ0n) is 20.8. The standard InChI is InChI=1S/C28H46O4/c1-4-6-7-8-9-10-11-12-13-14-15-16-17-18-19-20-24-29-25-22-21-23-26-27(25)32-28(3,31-26)30-5-2/h12-13,21-23H,4-11,14-20,24H2,1-3H3/b13-12-. The molecule has 0 aliphatic carbocycles. The molecule has 32 heavy (non-hydrogen) atoms. The maximum Gasteiger partial charge on any atom is 0.369 e. The third-order valence-corrected chi connectivity index (χ3v) is 5.85. The van der Waals surface area contributed by atoms with Crippen LogP contribution in [0.3, 0.4) is 0 Å². The Kier molecular flexibility index (Phi) is 13.3. The van der Waals surface area contributed by atoms with Gasteiger partial charge in [0, 0.05) is 6.92 Å². The molecule has 1 heterocycles. The van der Waals surface area contributed by atoms with Gasteiger partial charge in [-0.15, -0.1) is 0 Å². The fraction of sp³-hybridized carbons (Fsp3) is 0.714. The average Bonchev–Trinajstić information content (AvgIpc) is 3.12. The first-order valence-electron chi connectivity index (χ1n) is 13.1. The first-order chi connectivity index (χ1) is 15.7. The number of hydrogen-bond acceptors (Lipinski definition) is 4. The predicted octanol–water partition coefficient (Wildman–Crippen LogP) is 8.58. The Morgan fingerprint density at radius 3 is 2.06 bits per heavy atom. The molecule has 182 valence electrons. The van der Waals surface area contributed by atoms with Crippen LogP contribution in [0.1, 0.15) is 111 Å². The van der Waals surface area contributed by atoms with Crippen LogP contribution in [0.5, 0.6) is 17.2 Å². The number of unbranched alkanes of at least 4 members (excludes halogenated alkanes) is 12. The van der Waals surface area contributed by atoms with Crippen LogP contribution in [0, 0.1) is 0 Å². The molecule has 1 aliphatic rings. The van der Waals surface area contributed by atoms with E-state index in [1.807, 2.05) is 25.1 Å². The van der Waals surface area contributed by atoms with Crippen LogP contribution >= 0.6 is 0 Å². The largest absolute Gasteiger partial charge is 0.490 e.